The number of aliphatic hydroxyl groups excluding tert-OH is 1. The van der Waals surface area contributed by atoms with Gasteiger partial charge < -0.3 is 19.3 Å². The Morgan fingerprint density at radius 2 is 1.72 bits per heavy atom. The number of esters is 2. The van der Waals surface area contributed by atoms with Crippen LogP contribution in [0.1, 0.15) is 62.9 Å². The Kier molecular flexibility index (Phi) is 7.46. The van der Waals surface area contributed by atoms with Crippen molar-refractivity contribution >= 4 is 23.8 Å². The fourth-order valence-corrected chi connectivity index (χ4v) is 7.68. The van der Waals surface area contributed by atoms with Crippen LogP contribution in [0.25, 0.3) is 6.08 Å². The number of rotatable bonds is 6. The Bertz CT molecular complexity index is 1460. The van der Waals surface area contributed by atoms with E-state index in [1.54, 1.807) is 37.3 Å². The molecule has 2 aromatic carbocycles. The zero-order valence-electron chi connectivity index (χ0n) is 25.2. The third kappa shape index (κ3) is 5.38. The first-order chi connectivity index (χ1) is 20.5. The van der Waals surface area contributed by atoms with Gasteiger partial charge in [-0.2, -0.15) is 0 Å². The number of allylic oxidation sites excluding steroid dienone is 1. The van der Waals surface area contributed by atoms with Gasteiger partial charge in [-0.15, -0.1) is 0 Å². The monoisotopic (exact) mass is 584 g/mol. The third-order valence-electron chi connectivity index (χ3n) is 10.4. The highest BCUT2D eigenvalue weighted by Crippen LogP contribution is 2.64. The normalized spacial score (nSPS) is 35.9. The van der Waals surface area contributed by atoms with Gasteiger partial charge in [0.15, 0.2) is 5.60 Å². The van der Waals surface area contributed by atoms with Gasteiger partial charge in [0.25, 0.3) is 0 Å². The molecule has 0 spiro atoms. The molecule has 0 amide bonds. The van der Waals surface area contributed by atoms with Crippen molar-refractivity contribution < 1.29 is 33.7 Å². The summed E-state index contributed by atoms with van der Waals surface area (Å²) in [5.41, 5.74) is -0.442. The van der Waals surface area contributed by atoms with E-state index in [0.29, 0.717) is 17.1 Å². The van der Waals surface area contributed by atoms with Gasteiger partial charge in [-0.05, 0) is 73.3 Å². The van der Waals surface area contributed by atoms with Gasteiger partial charge in [-0.1, -0.05) is 68.5 Å². The summed E-state index contributed by atoms with van der Waals surface area (Å²) in [5.74, 6) is -2.31. The molecule has 1 N–H and O–H groups in total. The van der Waals surface area contributed by atoms with E-state index in [1.807, 2.05) is 49.4 Å². The largest absolute Gasteiger partial charge is 0.462 e. The lowest BCUT2D eigenvalue weighted by Gasteiger charge is -2.34. The molecule has 0 bridgehead atoms. The van der Waals surface area contributed by atoms with Crippen molar-refractivity contribution in [2.24, 2.45) is 29.1 Å². The quantitative estimate of drug-likeness (QED) is 0.269. The fourth-order valence-electron chi connectivity index (χ4n) is 7.68. The van der Waals surface area contributed by atoms with Crippen LogP contribution in [0, 0.1) is 29.1 Å². The molecule has 43 heavy (non-hydrogen) atoms. The van der Waals surface area contributed by atoms with Gasteiger partial charge in [0, 0.05) is 18.4 Å². The fraction of sp³-hybridized carbons (Fsp3) is 0.472. The van der Waals surface area contributed by atoms with E-state index in [2.05, 4.69) is 13.8 Å². The SMILES string of the molecule is CC1=CC2C(CCC3(C)OC3C3C(O)C(COC(=O)c4ccccc4)CC3(OC(=O)C=Cc3ccccc3)C1=O)C2(C)C. The van der Waals surface area contributed by atoms with Crippen LogP contribution in [-0.4, -0.2) is 52.8 Å². The van der Waals surface area contributed by atoms with Crippen molar-refractivity contribution in [1.82, 2.24) is 0 Å². The van der Waals surface area contributed by atoms with Crippen molar-refractivity contribution in [3.8, 4) is 0 Å². The molecule has 6 rings (SSSR count). The van der Waals surface area contributed by atoms with Gasteiger partial charge in [0.1, 0.15) is 0 Å². The lowest BCUT2D eigenvalue weighted by molar-refractivity contribution is -0.168. The molecule has 4 aliphatic rings. The predicted octanol–water partition coefficient (Wildman–Crippen LogP) is 5.57. The van der Waals surface area contributed by atoms with Crippen molar-refractivity contribution in [3.63, 3.8) is 0 Å². The minimum absolute atomic E-state index is 0.0171. The molecule has 0 aromatic heterocycles. The maximum Gasteiger partial charge on any atom is 0.338 e. The van der Waals surface area contributed by atoms with Crippen molar-refractivity contribution in [1.29, 1.82) is 0 Å². The molecule has 8 unspecified atom stereocenters. The van der Waals surface area contributed by atoms with E-state index >= 15 is 0 Å². The lowest BCUT2D eigenvalue weighted by atomic mass is 9.77. The van der Waals surface area contributed by atoms with Gasteiger partial charge in [-0.3, -0.25) is 4.79 Å². The molecule has 2 saturated carbocycles. The molecule has 1 heterocycles. The van der Waals surface area contributed by atoms with Crippen LogP contribution < -0.4 is 0 Å². The van der Waals surface area contributed by atoms with E-state index < -0.39 is 47.2 Å². The number of hydrogen-bond donors (Lipinski definition) is 1. The number of aliphatic hydroxyl groups is 1. The van der Waals surface area contributed by atoms with E-state index in [-0.39, 0.29) is 30.1 Å². The first-order valence-electron chi connectivity index (χ1n) is 15.2. The van der Waals surface area contributed by atoms with Crippen LogP contribution in [0.4, 0.5) is 0 Å². The summed E-state index contributed by atoms with van der Waals surface area (Å²) < 4.78 is 18.2. The van der Waals surface area contributed by atoms with Crippen molar-refractivity contribution in [2.75, 3.05) is 6.61 Å². The van der Waals surface area contributed by atoms with Crippen LogP contribution in [0.2, 0.25) is 0 Å². The molecule has 1 saturated heterocycles. The Morgan fingerprint density at radius 3 is 2.42 bits per heavy atom. The minimum atomic E-state index is -1.68. The third-order valence-corrected chi connectivity index (χ3v) is 10.4. The number of Topliss-reactive ketones (excluding diaryl/α,β-unsaturated/α-hetero) is 1. The topological polar surface area (TPSA) is 102 Å². The van der Waals surface area contributed by atoms with Gasteiger partial charge in [0.05, 0.1) is 35.9 Å². The van der Waals surface area contributed by atoms with E-state index in [0.717, 1.165) is 18.4 Å². The summed E-state index contributed by atoms with van der Waals surface area (Å²) in [7, 11) is 0. The van der Waals surface area contributed by atoms with Gasteiger partial charge >= 0.3 is 11.9 Å². The highest BCUT2D eigenvalue weighted by molar-refractivity contribution is 6.04. The zero-order valence-corrected chi connectivity index (χ0v) is 25.2. The summed E-state index contributed by atoms with van der Waals surface area (Å²) in [6.45, 7) is 8.11. The molecule has 0 radical (unpaired) electrons. The maximum atomic E-state index is 14.5. The standard InChI is InChI=1S/C36H40O7/c1-22-19-27-26(34(27,2)3)17-18-35(4)32(43-35)29-30(38)25(21-41-33(40)24-13-9-6-10-14-24)20-36(29,31(22)39)42-28(37)16-15-23-11-7-5-8-12-23/h5-16,19,25-27,29-30,32,38H,17-18,20-21H2,1-4H3. The average Bonchev–Trinajstić information content (AvgIpc) is 3.77. The van der Waals surface area contributed by atoms with Crippen LogP contribution in [0.5, 0.6) is 0 Å². The number of ether oxygens (including phenoxy) is 3. The molecule has 7 heteroatoms. The Morgan fingerprint density at radius 1 is 1.05 bits per heavy atom. The molecule has 226 valence electrons. The Balaban J connectivity index is 1.35. The Labute approximate surface area is 252 Å². The second-order valence-corrected chi connectivity index (χ2v) is 13.5. The summed E-state index contributed by atoms with van der Waals surface area (Å²) in [6, 6.07) is 18.0. The van der Waals surface area contributed by atoms with E-state index in [4.69, 9.17) is 14.2 Å². The van der Waals surface area contributed by atoms with E-state index in [1.165, 1.54) is 6.08 Å². The Hall–Kier alpha value is -3.55. The number of ketones is 1. The second-order valence-electron chi connectivity index (χ2n) is 13.5. The molecule has 1 aliphatic heterocycles. The summed E-state index contributed by atoms with van der Waals surface area (Å²) in [4.78, 5) is 40.8. The number of fused-ring (bicyclic) bond motifs is 4. The molecular weight excluding hydrogens is 544 g/mol. The molecular formula is C36H40O7. The smallest absolute Gasteiger partial charge is 0.338 e. The average molecular weight is 585 g/mol. The molecule has 3 fully saturated rings. The minimum Gasteiger partial charge on any atom is -0.462 e. The summed E-state index contributed by atoms with van der Waals surface area (Å²) in [5, 5.41) is 11.8. The number of benzene rings is 2. The highest BCUT2D eigenvalue weighted by atomic mass is 16.6. The lowest BCUT2D eigenvalue weighted by Crippen LogP contribution is -2.52. The maximum absolute atomic E-state index is 14.5. The predicted molar refractivity (Wildman–Crippen MR) is 161 cm³/mol. The van der Waals surface area contributed by atoms with Crippen LogP contribution in [0.15, 0.2) is 78.4 Å². The number of carbonyl (C=O) groups is 3. The molecule has 7 nitrogen and oxygen atoms in total. The van der Waals surface area contributed by atoms with Crippen LogP contribution >= 0.6 is 0 Å². The summed E-state index contributed by atoms with van der Waals surface area (Å²) in [6.07, 6.45) is 5.15. The highest BCUT2D eigenvalue weighted by Gasteiger charge is 2.72. The molecule has 2 aromatic rings. The first-order valence-corrected chi connectivity index (χ1v) is 15.2. The van der Waals surface area contributed by atoms with E-state index in [9.17, 15) is 19.5 Å². The second kappa shape index (κ2) is 10.9. The first kappa shape index (κ1) is 29.5. The molecule has 8 atom stereocenters. The summed E-state index contributed by atoms with van der Waals surface area (Å²) >= 11 is 0. The number of carbonyl (C=O) groups excluding carboxylic acids is 3. The number of hydrogen-bond acceptors (Lipinski definition) is 7. The van der Waals surface area contributed by atoms with Gasteiger partial charge in [-0.25, -0.2) is 9.59 Å². The van der Waals surface area contributed by atoms with Crippen LogP contribution in [0.3, 0.4) is 0 Å². The van der Waals surface area contributed by atoms with Crippen molar-refractivity contribution in [2.45, 2.75) is 70.4 Å². The van der Waals surface area contributed by atoms with Crippen molar-refractivity contribution in [3.05, 3.63) is 89.5 Å². The number of epoxide rings is 1. The van der Waals surface area contributed by atoms with Crippen LogP contribution in [-0.2, 0) is 23.8 Å². The zero-order chi connectivity index (χ0) is 30.6. The van der Waals surface area contributed by atoms with Gasteiger partial charge in [0.2, 0.25) is 5.78 Å². The molecule has 3 aliphatic carbocycles.